The van der Waals surface area contributed by atoms with Crippen LogP contribution >= 0.6 is 0 Å². The second-order valence-electron chi connectivity index (χ2n) is 5.82. The maximum atomic E-state index is 12.4. The van der Waals surface area contributed by atoms with E-state index in [1.165, 1.54) is 0 Å². The summed E-state index contributed by atoms with van der Waals surface area (Å²) in [7, 11) is 3.55. The predicted octanol–water partition coefficient (Wildman–Crippen LogP) is 0.680. The lowest BCUT2D eigenvalue weighted by Crippen LogP contribution is -2.33. The molecular weight excluding hydrogens is 306 g/mol. The first-order valence-corrected chi connectivity index (χ1v) is 8.06. The second kappa shape index (κ2) is 6.92. The van der Waals surface area contributed by atoms with Gasteiger partial charge in [0.05, 0.1) is 7.11 Å². The molecule has 0 spiro atoms. The van der Waals surface area contributed by atoms with Crippen LogP contribution in [0, 0.1) is 0 Å². The van der Waals surface area contributed by atoms with Gasteiger partial charge in [0, 0.05) is 62.7 Å². The summed E-state index contributed by atoms with van der Waals surface area (Å²) in [6, 6.07) is 7.96. The molecule has 1 aliphatic heterocycles. The smallest absolute Gasteiger partial charge is 0.272 e. The van der Waals surface area contributed by atoms with E-state index in [2.05, 4.69) is 21.4 Å². The molecule has 1 aromatic carbocycles. The van der Waals surface area contributed by atoms with Gasteiger partial charge in [-0.15, -0.1) is 0 Å². The van der Waals surface area contributed by atoms with Crippen molar-refractivity contribution in [3.05, 3.63) is 41.2 Å². The molecule has 1 aromatic heterocycles. The number of nitrogens with one attached hydrogen (secondary N) is 1. The number of fused-ring (bicyclic) bond motifs is 1. The van der Waals surface area contributed by atoms with Gasteiger partial charge in [-0.05, 0) is 12.1 Å². The average molecular weight is 329 g/mol. The quantitative estimate of drug-likeness (QED) is 0.842. The third-order valence-corrected chi connectivity index (χ3v) is 4.31. The summed E-state index contributed by atoms with van der Waals surface area (Å²) in [5.41, 5.74) is 9.14. The fourth-order valence-electron chi connectivity index (χ4n) is 3.07. The van der Waals surface area contributed by atoms with Crippen LogP contribution in [0.3, 0.4) is 0 Å². The van der Waals surface area contributed by atoms with Crippen molar-refractivity contribution in [3.8, 4) is 5.75 Å². The van der Waals surface area contributed by atoms with Gasteiger partial charge < -0.3 is 20.7 Å². The van der Waals surface area contributed by atoms with E-state index in [1.54, 1.807) is 7.11 Å². The normalized spacial score (nSPS) is 13.5. The van der Waals surface area contributed by atoms with E-state index in [0.717, 1.165) is 35.7 Å². The maximum Gasteiger partial charge on any atom is 0.272 e. The Labute approximate surface area is 141 Å². The van der Waals surface area contributed by atoms with Gasteiger partial charge in [-0.3, -0.25) is 9.48 Å². The van der Waals surface area contributed by atoms with E-state index in [-0.39, 0.29) is 5.91 Å². The molecule has 2 heterocycles. The van der Waals surface area contributed by atoms with Crippen LogP contribution in [0.1, 0.15) is 21.7 Å². The number of benzene rings is 1. The molecule has 128 valence electrons. The lowest BCUT2D eigenvalue weighted by Gasteiger charge is -2.29. The van der Waals surface area contributed by atoms with Gasteiger partial charge >= 0.3 is 0 Å². The molecule has 0 atom stereocenters. The van der Waals surface area contributed by atoms with E-state index in [0.29, 0.717) is 25.3 Å². The molecule has 7 nitrogen and oxygen atoms in total. The van der Waals surface area contributed by atoms with Crippen molar-refractivity contribution in [3.63, 3.8) is 0 Å². The van der Waals surface area contributed by atoms with E-state index < -0.39 is 0 Å². The molecule has 0 unspecified atom stereocenters. The Morgan fingerprint density at radius 1 is 1.46 bits per heavy atom. The number of methoxy groups -OCH3 is 1. The van der Waals surface area contributed by atoms with E-state index in [4.69, 9.17) is 10.5 Å². The summed E-state index contributed by atoms with van der Waals surface area (Å²) >= 11 is 0. The summed E-state index contributed by atoms with van der Waals surface area (Å²) in [4.78, 5) is 14.6. The predicted molar refractivity (Wildman–Crippen MR) is 92.3 cm³/mol. The molecule has 24 heavy (non-hydrogen) atoms. The average Bonchev–Trinajstić information content (AvgIpc) is 2.96. The highest BCUT2D eigenvalue weighted by molar-refractivity contribution is 5.94. The second-order valence-corrected chi connectivity index (χ2v) is 5.82. The minimum Gasteiger partial charge on any atom is -0.497 e. The van der Waals surface area contributed by atoms with Gasteiger partial charge in [-0.2, -0.15) is 5.10 Å². The van der Waals surface area contributed by atoms with Gasteiger partial charge in [0.25, 0.3) is 5.91 Å². The number of anilines is 1. The third kappa shape index (κ3) is 3.07. The van der Waals surface area contributed by atoms with Crippen LogP contribution in [-0.4, -0.2) is 42.4 Å². The number of carbonyl (C=O) groups excluding carboxylic acids is 1. The highest BCUT2D eigenvalue weighted by Gasteiger charge is 2.27. The minimum absolute atomic E-state index is 0.162. The lowest BCUT2D eigenvalue weighted by atomic mass is 10.0. The van der Waals surface area contributed by atoms with Gasteiger partial charge in [0.15, 0.2) is 5.69 Å². The molecule has 0 radical (unpaired) electrons. The Morgan fingerprint density at radius 3 is 3.04 bits per heavy atom. The number of nitrogens with zero attached hydrogens (tertiary/aromatic N) is 3. The van der Waals surface area contributed by atoms with Crippen LogP contribution in [0.4, 0.5) is 5.69 Å². The molecule has 0 saturated heterocycles. The van der Waals surface area contributed by atoms with Gasteiger partial charge in [0.2, 0.25) is 0 Å². The fraction of sp³-hybridized carbons (Fsp3) is 0.412. The number of aryl methyl sites for hydroxylation is 1. The Bertz CT molecular complexity index is 741. The first-order valence-electron chi connectivity index (χ1n) is 8.06. The summed E-state index contributed by atoms with van der Waals surface area (Å²) in [6.07, 6.45) is 0.847. The first-order chi connectivity index (χ1) is 11.6. The Morgan fingerprint density at radius 2 is 2.29 bits per heavy atom. The largest absolute Gasteiger partial charge is 0.497 e. The van der Waals surface area contributed by atoms with Crippen molar-refractivity contribution in [1.29, 1.82) is 0 Å². The molecule has 2 aromatic rings. The van der Waals surface area contributed by atoms with Crippen LogP contribution < -0.4 is 20.7 Å². The van der Waals surface area contributed by atoms with Crippen LogP contribution in [0.5, 0.6) is 5.75 Å². The summed E-state index contributed by atoms with van der Waals surface area (Å²) < 4.78 is 7.12. The molecular formula is C17H23N5O2. The number of ether oxygens (including phenoxy) is 1. The molecule has 0 bridgehead atoms. The van der Waals surface area contributed by atoms with Crippen molar-refractivity contribution >= 4 is 11.6 Å². The van der Waals surface area contributed by atoms with Crippen molar-refractivity contribution in [2.75, 3.05) is 31.6 Å². The topological polar surface area (TPSA) is 85.4 Å². The third-order valence-electron chi connectivity index (χ3n) is 4.31. The number of nitrogens with two attached hydrogens (primary N) is 1. The van der Waals surface area contributed by atoms with Crippen LogP contribution in [0.2, 0.25) is 0 Å². The van der Waals surface area contributed by atoms with Crippen molar-refractivity contribution in [1.82, 2.24) is 15.1 Å². The number of carbonyl (C=O) groups is 1. The van der Waals surface area contributed by atoms with Crippen LogP contribution in [0.15, 0.2) is 24.3 Å². The van der Waals surface area contributed by atoms with E-state index >= 15 is 0 Å². The number of amides is 1. The molecule has 0 aliphatic carbocycles. The summed E-state index contributed by atoms with van der Waals surface area (Å²) in [5, 5.41) is 7.23. The maximum absolute atomic E-state index is 12.4. The monoisotopic (exact) mass is 329 g/mol. The molecule has 1 aliphatic rings. The fourth-order valence-corrected chi connectivity index (χ4v) is 3.07. The zero-order chi connectivity index (χ0) is 17.1. The first kappa shape index (κ1) is 16.3. The molecule has 3 rings (SSSR count). The van der Waals surface area contributed by atoms with Crippen LogP contribution in [0.25, 0.3) is 0 Å². The highest BCUT2D eigenvalue weighted by atomic mass is 16.5. The summed E-state index contributed by atoms with van der Waals surface area (Å²) in [6.45, 7) is 2.39. The number of hydrogen-bond donors (Lipinski definition) is 2. The molecule has 0 fully saturated rings. The molecule has 1 amide bonds. The van der Waals surface area contributed by atoms with Crippen LogP contribution in [-0.2, 0) is 20.0 Å². The zero-order valence-electron chi connectivity index (χ0n) is 14.1. The Hall–Kier alpha value is -2.54. The number of aromatic nitrogens is 2. The zero-order valence-corrected chi connectivity index (χ0v) is 14.1. The Kier molecular flexibility index (Phi) is 4.71. The summed E-state index contributed by atoms with van der Waals surface area (Å²) in [5.74, 6) is 0.662. The number of rotatable bonds is 5. The molecule has 7 heteroatoms. The Balaban J connectivity index is 1.87. The van der Waals surface area contributed by atoms with Gasteiger partial charge in [-0.1, -0.05) is 6.07 Å². The molecule has 0 saturated carbocycles. The SMILES string of the molecule is COc1cccc(N2CCc3c(c(C(=O)NCCN)nn3C)C2)c1. The number of hydrogen-bond acceptors (Lipinski definition) is 5. The molecule has 3 N–H and O–H groups in total. The van der Waals surface area contributed by atoms with E-state index in [1.807, 2.05) is 29.9 Å². The minimum atomic E-state index is -0.162. The van der Waals surface area contributed by atoms with E-state index in [9.17, 15) is 4.79 Å². The van der Waals surface area contributed by atoms with Gasteiger partial charge in [0.1, 0.15) is 5.75 Å². The standard InChI is InChI=1S/C17H23N5O2/c1-21-15-6-9-22(12-4-3-5-13(10-12)24-2)11-14(15)16(20-21)17(23)19-8-7-18/h3-5,10H,6-9,11,18H2,1-2H3,(H,19,23). The van der Waals surface area contributed by atoms with Crippen molar-refractivity contribution in [2.45, 2.75) is 13.0 Å². The van der Waals surface area contributed by atoms with Gasteiger partial charge in [-0.25, -0.2) is 0 Å². The van der Waals surface area contributed by atoms with Crippen molar-refractivity contribution in [2.24, 2.45) is 12.8 Å². The lowest BCUT2D eigenvalue weighted by molar-refractivity contribution is 0.0948. The van der Waals surface area contributed by atoms with Crippen molar-refractivity contribution < 1.29 is 9.53 Å². The highest BCUT2D eigenvalue weighted by Crippen LogP contribution is 2.28.